The molecule has 4 aromatic rings. The van der Waals surface area contributed by atoms with Crippen LogP contribution in [0.1, 0.15) is 0 Å². The number of hydrogen-bond donors (Lipinski definition) is 1. The fourth-order valence-electron chi connectivity index (χ4n) is 3.64. The third-order valence-corrected chi connectivity index (χ3v) is 7.12. The van der Waals surface area contributed by atoms with E-state index in [0.717, 1.165) is 40.5 Å². The van der Waals surface area contributed by atoms with Gasteiger partial charge in [0, 0.05) is 41.7 Å². The van der Waals surface area contributed by atoms with Gasteiger partial charge in [0.05, 0.1) is 18.6 Å². The number of morpholine rings is 1. The summed E-state index contributed by atoms with van der Waals surface area (Å²) in [4.78, 5) is 20.1. The van der Waals surface area contributed by atoms with Gasteiger partial charge in [0.1, 0.15) is 16.5 Å². The number of rotatable bonds is 5. The van der Waals surface area contributed by atoms with E-state index < -0.39 is 0 Å². The summed E-state index contributed by atoms with van der Waals surface area (Å²) < 4.78 is 5.57. The number of pyridine rings is 1. The zero-order chi connectivity index (χ0) is 21.2. The molecule has 1 aromatic carbocycles. The molecule has 0 aliphatic carbocycles. The zero-order valence-electron chi connectivity index (χ0n) is 17.5. The molecule has 0 atom stereocenters. The van der Waals surface area contributed by atoms with E-state index >= 15 is 0 Å². The lowest BCUT2D eigenvalue weighted by molar-refractivity contribution is 0.122. The molecule has 1 saturated heterocycles. The maximum atomic E-state index is 5.57. The Kier molecular flexibility index (Phi) is 5.76. The van der Waals surface area contributed by atoms with E-state index in [2.05, 4.69) is 51.8 Å². The smallest absolute Gasteiger partial charge is 0.164 e. The molecule has 158 valence electrons. The van der Waals surface area contributed by atoms with Crippen molar-refractivity contribution in [2.45, 2.75) is 4.90 Å². The fourth-order valence-corrected chi connectivity index (χ4v) is 5.13. The van der Waals surface area contributed by atoms with Crippen LogP contribution >= 0.6 is 23.1 Å². The van der Waals surface area contributed by atoms with Crippen LogP contribution in [0.3, 0.4) is 0 Å². The van der Waals surface area contributed by atoms with Gasteiger partial charge in [-0.25, -0.2) is 15.0 Å². The monoisotopic (exact) mass is 449 g/mol. The van der Waals surface area contributed by atoms with Gasteiger partial charge in [0.25, 0.3) is 0 Å². The molecule has 3 aromatic heterocycles. The number of thioether (sulfide) groups is 1. The van der Waals surface area contributed by atoms with E-state index in [1.807, 2.05) is 25.4 Å². The average Bonchev–Trinajstić information content (AvgIpc) is 3.28. The number of fused-ring (bicyclic) bond motifs is 1. The van der Waals surface area contributed by atoms with Crippen LogP contribution in [-0.2, 0) is 4.74 Å². The Morgan fingerprint density at radius 2 is 1.94 bits per heavy atom. The molecule has 4 heterocycles. The van der Waals surface area contributed by atoms with Crippen LogP contribution in [-0.4, -0.2) is 54.6 Å². The summed E-state index contributed by atoms with van der Waals surface area (Å²) in [6.07, 6.45) is 3.93. The lowest BCUT2D eigenvalue weighted by Crippen LogP contribution is -2.37. The minimum atomic E-state index is 0.704. The molecule has 0 bridgehead atoms. The molecule has 8 heteroatoms. The van der Waals surface area contributed by atoms with Gasteiger partial charge in [0.15, 0.2) is 5.82 Å². The lowest BCUT2D eigenvalue weighted by atomic mass is 10.1. The highest BCUT2D eigenvalue weighted by Gasteiger charge is 2.20. The van der Waals surface area contributed by atoms with E-state index in [1.165, 1.54) is 15.3 Å². The van der Waals surface area contributed by atoms with Crippen molar-refractivity contribution in [2.75, 3.05) is 49.8 Å². The first-order valence-electron chi connectivity index (χ1n) is 10.2. The highest BCUT2D eigenvalue weighted by molar-refractivity contribution is 7.98. The van der Waals surface area contributed by atoms with Gasteiger partial charge in [0.2, 0.25) is 0 Å². The second-order valence-electron chi connectivity index (χ2n) is 7.21. The van der Waals surface area contributed by atoms with Crippen LogP contribution in [0.25, 0.3) is 32.0 Å². The topological polar surface area (TPSA) is 63.2 Å². The Bertz CT molecular complexity index is 1200. The largest absolute Gasteiger partial charge is 0.378 e. The van der Waals surface area contributed by atoms with Gasteiger partial charge in [-0.15, -0.1) is 23.1 Å². The second kappa shape index (κ2) is 8.82. The molecule has 1 aliphatic rings. The first-order chi connectivity index (χ1) is 15.2. The molecule has 1 N–H and O–H groups in total. The van der Waals surface area contributed by atoms with E-state index in [1.54, 1.807) is 23.1 Å². The van der Waals surface area contributed by atoms with Gasteiger partial charge in [-0.05, 0) is 42.2 Å². The number of benzene rings is 1. The van der Waals surface area contributed by atoms with Crippen LogP contribution in [0.5, 0.6) is 0 Å². The summed E-state index contributed by atoms with van der Waals surface area (Å²) in [5.41, 5.74) is 2.12. The van der Waals surface area contributed by atoms with Crippen molar-refractivity contribution in [3.63, 3.8) is 0 Å². The first-order valence-corrected chi connectivity index (χ1v) is 12.2. The fraction of sp³-hybridized carbons (Fsp3) is 0.261. The Labute approximate surface area is 189 Å². The molecule has 0 unspecified atom stereocenters. The van der Waals surface area contributed by atoms with E-state index in [4.69, 9.17) is 14.7 Å². The number of aromatic nitrogens is 3. The molecular formula is C23H23N5OS2. The van der Waals surface area contributed by atoms with Crippen molar-refractivity contribution in [2.24, 2.45) is 0 Å². The highest BCUT2D eigenvalue weighted by atomic mass is 32.2. The zero-order valence-corrected chi connectivity index (χ0v) is 19.1. The summed E-state index contributed by atoms with van der Waals surface area (Å²) in [6, 6.07) is 14.8. The molecule has 31 heavy (non-hydrogen) atoms. The van der Waals surface area contributed by atoms with E-state index in [0.29, 0.717) is 19.0 Å². The summed E-state index contributed by atoms with van der Waals surface area (Å²) >= 11 is 3.47. The number of nitrogens with zero attached hydrogens (tertiary/aromatic N) is 4. The third kappa shape index (κ3) is 4.11. The van der Waals surface area contributed by atoms with Crippen LogP contribution in [0.15, 0.2) is 53.6 Å². The normalized spacial score (nSPS) is 14.2. The molecule has 5 rings (SSSR count). The molecular weight excluding hydrogens is 426 g/mol. The molecule has 0 saturated carbocycles. The number of anilines is 2. The summed E-state index contributed by atoms with van der Waals surface area (Å²) in [6.45, 7) is 3.09. The number of ether oxygens (including phenoxy) is 1. The minimum Gasteiger partial charge on any atom is -0.378 e. The maximum absolute atomic E-state index is 5.57. The number of hydrogen-bond acceptors (Lipinski definition) is 8. The van der Waals surface area contributed by atoms with Gasteiger partial charge in [-0.2, -0.15) is 0 Å². The standard InChI is InChI=1S/C23H23N5OS2/c1-24-20-7-6-16(14-25-20)21-26-22(28-8-10-29-11-9-28)18-13-19(31-23(18)27-21)15-4-3-5-17(12-15)30-2/h3-7,12-14H,8-11H2,1-2H3,(H,24,25). The van der Waals surface area contributed by atoms with Crippen molar-refractivity contribution in [1.29, 1.82) is 0 Å². The molecule has 0 radical (unpaired) electrons. The number of thiophene rings is 1. The summed E-state index contributed by atoms with van der Waals surface area (Å²) in [5, 5.41) is 4.15. The van der Waals surface area contributed by atoms with Crippen molar-refractivity contribution in [3.05, 3.63) is 48.7 Å². The van der Waals surface area contributed by atoms with Crippen LogP contribution in [0.4, 0.5) is 11.6 Å². The molecule has 0 amide bonds. The Hall–Kier alpha value is -2.68. The van der Waals surface area contributed by atoms with Gasteiger partial charge < -0.3 is 15.0 Å². The van der Waals surface area contributed by atoms with Crippen LogP contribution in [0, 0.1) is 0 Å². The van der Waals surface area contributed by atoms with Gasteiger partial charge >= 0.3 is 0 Å². The molecule has 1 fully saturated rings. The first kappa shape index (κ1) is 20.2. The lowest BCUT2D eigenvalue weighted by Gasteiger charge is -2.28. The minimum absolute atomic E-state index is 0.704. The van der Waals surface area contributed by atoms with Crippen LogP contribution in [0.2, 0.25) is 0 Å². The maximum Gasteiger partial charge on any atom is 0.164 e. The van der Waals surface area contributed by atoms with Crippen LogP contribution < -0.4 is 10.2 Å². The predicted molar refractivity (Wildman–Crippen MR) is 130 cm³/mol. The SMILES string of the molecule is CNc1ccc(-c2nc(N3CCOCC3)c3cc(-c4cccc(SC)c4)sc3n2)cn1. The van der Waals surface area contributed by atoms with E-state index in [-0.39, 0.29) is 0 Å². The van der Waals surface area contributed by atoms with Gasteiger partial charge in [-0.3, -0.25) is 0 Å². The summed E-state index contributed by atoms with van der Waals surface area (Å²) in [5.74, 6) is 2.50. The third-order valence-electron chi connectivity index (χ3n) is 5.32. The second-order valence-corrected chi connectivity index (χ2v) is 9.12. The quantitative estimate of drug-likeness (QED) is 0.429. The van der Waals surface area contributed by atoms with Crippen molar-refractivity contribution in [1.82, 2.24) is 15.0 Å². The Morgan fingerprint density at radius 1 is 1.06 bits per heavy atom. The summed E-state index contributed by atoms with van der Waals surface area (Å²) in [7, 11) is 1.86. The van der Waals surface area contributed by atoms with Crippen molar-refractivity contribution in [3.8, 4) is 21.8 Å². The Balaban J connectivity index is 1.65. The van der Waals surface area contributed by atoms with Crippen molar-refractivity contribution < 1.29 is 4.74 Å². The molecule has 1 aliphatic heterocycles. The number of nitrogens with one attached hydrogen (secondary N) is 1. The molecule has 0 spiro atoms. The predicted octanol–water partition coefficient (Wildman–Crippen LogP) is 5.02. The molecule has 6 nitrogen and oxygen atoms in total. The van der Waals surface area contributed by atoms with E-state index in [9.17, 15) is 0 Å². The highest BCUT2D eigenvalue weighted by Crippen LogP contribution is 2.38. The Morgan fingerprint density at radius 3 is 2.68 bits per heavy atom. The van der Waals surface area contributed by atoms with Crippen molar-refractivity contribution >= 4 is 45.0 Å². The average molecular weight is 450 g/mol. The van der Waals surface area contributed by atoms with Gasteiger partial charge in [-0.1, -0.05) is 12.1 Å².